The van der Waals surface area contributed by atoms with Gasteiger partial charge in [0.25, 0.3) is 0 Å². The van der Waals surface area contributed by atoms with Gasteiger partial charge in [0.05, 0.1) is 32.7 Å². The van der Waals surface area contributed by atoms with Gasteiger partial charge in [-0.05, 0) is 60.5 Å². The lowest BCUT2D eigenvalue weighted by molar-refractivity contribution is -0.129. The summed E-state index contributed by atoms with van der Waals surface area (Å²) in [6.45, 7) is 0.229. The molecule has 2 aromatic carbocycles. The monoisotopic (exact) mass is 485 g/mol. The molecule has 0 radical (unpaired) electrons. The van der Waals surface area contributed by atoms with Gasteiger partial charge in [-0.15, -0.1) is 10.2 Å². The Hall–Kier alpha value is -4.40. The molecule has 0 saturated carbocycles. The molecule has 2 aromatic heterocycles. The summed E-state index contributed by atoms with van der Waals surface area (Å²) < 4.78 is 12.4. The van der Waals surface area contributed by atoms with Crippen LogP contribution in [-0.4, -0.2) is 40.6 Å². The van der Waals surface area contributed by atoms with E-state index >= 15 is 0 Å². The summed E-state index contributed by atoms with van der Waals surface area (Å²) >= 11 is 0. The van der Waals surface area contributed by atoms with Crippen LogP contribution in [0.15, 0.2) is 72.9 Å². The minimum absolute atomic E-state index is 0.0338. The minimum Gasteiger partial charge on any atom is -0.497 e. The standard InChI is InChI=1S/C27H27N5O4/c1-35-20-10-6-18(7-11-20)26-22(14-15-25(33)32(26)19-8-12-21(36-2)13-9-19)27(34)28-17-24-30-29-23-5-3-4-16-31(23)24/h3-13,16,22,26H,14-15,17H2,1-2H3,(H,28,34). The van der Waals surface area contributed by atoms with Gasteiger partial charge in [0.15, 0.2) is 11.5 Å². The molecule has 2 unspecified atom stereocenters. The number of pyridine rings is 1. The van der Waals surface area contributed by atoms with Crippen molar-refractivity contribution in [1.29, 1.82) is 0 Å². The highest BCUT2D eigenvalue weighted by Crippen LogP contribution is 2.41. The number of nitrogens with zero attached hydrogens (tertiary/aromatic N) is 4. The van der Waals surface area contributed by atoms with Crippen molar-refractivity contribution >= 4 is 23.1 Å². The maximum atomic E-state index is 13.6. The second kappa shape index (κ2) is 10.1. The van der Waals surface area contributed by atoms with E-state index < -0.39 is 12.0 Å². The molecule has 36 heavy (non-hydrogen) atoms. The molecule has 5 rings (SSSR count). The zero-order valence-corrected chi connectivity index (χ0v) is 20.1. The first-order valence-electron chi connectivity index (χ1n) is 11.8. The molecule has 4 aromatic rings. The Bertz CT molecular complexity index is 1370. The second-order valence-electron chi connectivity index (χ2n) is 8.59. The first-order chi connectivity index (χ1) is 17.6. The molecule has 1 aliphatic rings. The van der Waals surface area contributed by atoms with Gasteiger partial charge in [-0.25, -0.2) is 0 Å². The summed E-state index contributed by atoms with van der Waals surface area (Å²) in [4.78, 5) is 28.5. The fourth-order valence-electron chi connectivity index (χ4n) is 4.71. The number of carbonyl (C=O) groups excluding carboxylic acids is 2. The summed E-state index contributed by atoms with van der Waals surface area (Å²) in [5, 5.41) is 11.4. The average molecular weight is 486 g/mol. The van der Waals surface area contributed by atoms with Gasteiger partial charge >= 0.3 is 0 Å². The van der Waals surface area contributed by atoms with Gasteiger partial charge in [0.1, 0.15) is 11.5 Å². The Morgan fingerprint density at radius 3 is 2.36 bits per heavy atom. The zero-order chi connectivity index (χ0) is 25.1. The van der Waals surface area contributed by atoms with Gasteiger partial charge in [0, 0.05) is 18.3 Å². The summed E-state index contributed by atoms with van der Waals surface area (Å²) in [5.74, 6) is 1.40. The lowest BCUT2D eigenvalue weighted by Crippen LogP contribution is -2.48. The van der Waals surface area contributed by atoms with Crippen molar-refractivity contribution in [3.8, 4) is 11.5 Å². The van der Waals surface area contributed by atoms with E-state index in [1.807, 2.05) is 77.3 Å². The number of piperidine rings is 1. The Morgan fingerprint density at radius 1 is 0.972 bits per heavy atom. The van der Waals surface area contributed by atoms with E-state index in [0.717, 1.165) is 5.56 Å². The number of carbonyl (C=O) groups is 2. The van der Waals surface area contributed by atoms with E-state index in [1.54, 1.807) is 19.1 Å². The maximum Gasteiger partial charge on any atom is 0.227 e. The third-order valence-electron chi connectivity index (χ3n) is 6.55. The number of anilines is 1. The number of nitrogens with one attached hydrogen (secondary N) is 1. The molecule has 1 aliphatic heterocycles. The number of rotatable bonds is 7. The molecule has 0 bridgehead atoms. The van der Waals surface area contributed by atoms with Crippen LogP contribution in [0.1, 0.15) is 30.3 Å². The van der Waals surface area contributed by atoms with Crippen molar-refractivity contribution < 1.29 is 19.1 Å². The SMILES string of the molecule is COc1ccc(C2C(C(=O)NCc3nnc4ccccn34)CCC(=O)N2c2ccc(OC)cc2)cc1. The molecule has 3 heterocycles. The molecular formula is C27H27N5O4. The van der Waals surface area contributed by atoms with Crippen molar-refractivity contribution in [2.24, 2.45) is 5.92 Å². The number of benzene rings is 2. The number of amides is 2. The van der Waals surface area contributed by atoms with Crippen LogP contribution >= 0.6 is 0 Å². The van der Waals surface area contributed by atoms with Crippen LogP contribution in [-0.2, 0) is 16.1 Å². The maximum absolute atomic E-state index is 13.6. The first-order valence-corrected chi connectivity index (χ1v) is 11.8. The molecule has 2 amide bonds. The van der Waals surface area contributed by atoms with Gasteiger partial charge in [-0.1, -0.05) is 18.2 Å². The van der Waals surface area contributed by atoms with Gasteiger partial charge in [0.2, 0.25) is 11.8 Å². The third kappa shape index (κ3) is 4.47. The van der Waals surface area contributed by atoms with Crippen molar-refractivity contribution in [3.63, 3.8) is 0 Å². The Balaban J connectivity index is 1.46. The van der Waals surface area contributed by atoms with Crippen LogP contribution in [0.4, 0.5) is 5.69 Å². The molecule has 2 atom stereocenters. The Labute approximate surface area is 208 Å². The van der Waals surface area contributed by atoms with E-state index in [9.17, 15) is 9.59 Å². The predicted octanol–water partition coefficient (Wildman–Crippen LogP) is 3.55. The van der Waals surface area contributed by atoms with Crippen LogP contribution < -0.4 is 19.7 Å². The summed E-state index contributed by atoms with van der Waals surface area (Å²) in [6, 6.07) is 20.0. The van der Waals surface area contributed by atoms with Crippen LogP contribution in [0.3, 0.4) is 0 Å². The molecule has 1 fully saturated rings. The quantitative estimate of drug-likeness (QED) is 0.430. The van der Waals surface area contributed by atoms with Crippen molar-refractivity contribution in [1.82, 2.24) is 19.9 Å². The number of hydrogen-bond acceptors (Lipinski definition) is 6. The van der Waals surface area contributed by atoms with Gasteiger partial charge in [-0.3, -0.25) is 14.0 Å². The summed E-state index contributed by atoms with van der Waals surface area (Å²) in [7, 11) is 3.20. The van der Waals surface area contributed by atoms with Crippen LogP contribution in [0, 0.1) is 5.92 Å². The smallest absolute Gasteiger partial charge is 0.227 e. The lowest BCUT2D eigenvalue weighted by atomic mass is 9.83. The Morgan fingerprint density at radius 2 is 1.67 bits per heavy atom. The average Bonchev–Trinajstić information content (AvgIpc) is 3.35. The van der Waals surface area contributed by atoms with Crippen LogP contribution in [0.5, 0.6) is 11.5 Å². The van der Waals surface area contributed by atoms with Crippen molar-refractivity contribution in [2.45, 2.75) is 25.4 Å². The number of ether oxygens (including phenoxy) is 2. The second-order valence-corrected chi connectivity index (χ2v) is 8.59. The predicted molar refractivity (Wildman–Crippen MR) is 134 cm³/mol. The van der Waals surface area contributed by atoms with Crippen molar-refractivity contribution in [2.75, 3.05) is 19.1 Å². The lowest BCUT2D eigenvalue weighted by Gasteiger charge is -2.41. The van der Waals surface area contributed by atoms with E-state index in [1.165, 1.54) is 0 Å². The normalized spacial score (nSPS) is 17.7. The first kappa shape index (κ1) is 23.3. The van der Waals surface area contributed by atoms with E-state index in [0.29, 0.717) is 35.1 Å². The Kier molecular flexibility index (Phi) is 6.53. The summed E-state index contributed by atoms with van der Waals surface area (Å²) in [5.41, 5.74) is 2.28. The fraction of sp³-hybridized carbons (Fsp3) is 0.259. The molecule has 1 N–H and O–H groups in total. The van der Waals surface area contributed by atoms with Crippen LogP contribution in [0.25, 0.3) is 5.65 Å². The molecule has 1 saturated heterocycles. The molecule has 0 spiro atoms. The largest absolute Gasteiger partial charge is 0.497 e. The minimum atomic E-state index is -0.485. The molecule has 184 valence electrons. The number of methoxy groups -OCH3 is 2. The molecular weight excluding hydrogens is 458 g/mol. The highest BCUT2D eigenvalue weighted by molar-refractivity contribution is 5.97. The van der Waals surface area contributed by atoms with E-state index in [-0.39, 0.29) is 24.8 Å². The molecule has 9 nitrogen and oxygen atoms in total. The van der Waals surface area contributed by atoms with Crippen LogP contribution in [0.2, 0.25) is 0 Å². The number of fused-ring (bicyclic) bond motifs is 1. The summed E-state index contributed by atoms with van der Waals surface area (Å²) in [6.07, 6.45) is 2.57. The number of hydrogen-bond donors (Lipinski definition) is 1. The fourth-order valence-corrected chi connectivity index (χ4v) is 4.71. The zero-order valence-electron chi connectivity index (χ0n) is 20.1. The highest BCUT2D eigenvalue weighted by Gasteiger charge is 2.41. The third-order valence-corrected chi connectivity index (χ3v) is 6.55. The van der Waals surface area contributed by atoms with Crippen molar-refractivity contribution in [3.05, 3.63) is 84.3 Å². The molecule has 0 aliphatic carbocycles. The number of aromatic nitrogens is 3. The van der Waals surface area contributed by atoms with E-state index in [4.69, 9.17) is 9.47 Å². The van der Waals surface area contributed by atoms with E-state index in [2.05, 4.69) is 15.5 Å². The topological polar surface area (TPSA) is 98.1 Å². The molecule has 9 heteroatoms. The van der Waals surface area contributed by atoms with Gasteiger partial charge in [-0.2, -0.15) is 0 Å². The highest BCUT2D eigenvalue weighted by atomic mass is 16.5. The van der Waals surface area contributed by atoms with Gasteiger partial charge < -0.3 is 19.7 Å².